The number of aliphatic hydroxyl groups is 1. The zero-order valence-electron chi connectivity index (χ0n) is 10.3. The average Bonchev–Trinajstić information content (AvgIpc) is 2.72. The molecule has 0 spiro atoms. The molecule has 1 aliphatic heterocycles. The lowest BCUT2D eigenvalue weighted by molar-refractivity contribution is 0.0939. The van der Waals surface area contributed by atoms with Gasteiger partial charge in [-0.25, -0.2) is 0 Å². The van der Waals surface area contributed by atoms with Crippen molar-refractivity contribution in [2.45, 2.75) is 32.4 Å². The van der Waals surface area contributed by atoms with Gasteiger partial charge in [-0.1, -0.05) is 0 Å². The Morgan fingerprint density at radius 1 is 1.61 bits per heavy atom. The summed E-state index contributed by atoms with van der Waals surface area (Å²) in [4.78, 5) is 11.9. The summed E-state index contributed by atoms with van der Waals surface area (Å²) in [6.45, 7) is 3.77. The van der Waals surface area contributed by atoms with E-state index in [4.69, 9.17) is 5.11 Å². The first-order valence-corrected chi connectivity index (χ1v) is 5.91. The first kappa shape index (κ1) is 14.9. The number of hydrogen-bond donors (Lipinski definition) is 4. The Morgan fingerprint density at radius 3 is 3.11 bits per heavy atom. The van der Waals surface area contributed by atoms with E-state index in [1.807, 2.05) is 0 Å². The highest BCUT2D eigenvalue weighted by molar-refractivity contribution is 5.94. The molecular formula is C11H19ClN4O2. The molecule has 18 heavy (non-hydrogen) atoms. The highest BCUT2D eigenvalue weighted by atomic mass is 35.5. The largest absolute Gasteiger partial charge is 0.393 e. The predicted molar refractivity (Wildman–Crippen MR) is 69.9 cm³/mol. The molecule has 6 nitrogen and oxygen atoms in total. The van der Waals surface area contributed by atoms with Crippen molar-refractivity contribution in [3.8, 4) is 0 Å². The van der Waals surface area contributed by atoms with Gasteiger partial charge in [-0.3, -0.25) is 9.89 Å². The normalized spacial score (nSPS) is 15.4. The molecule has 1 aliphatic rings. The number of carbonyl (C=O) groups is 1. The quantitative estimate of drug-likeness (QED) is 0.621. The number of nitrogens with zero attached hydrogens (tertiary/aromatic N) is 1. The molecule has 0 saturated carbocycles. The number of aromatic amines is 1. The van der Waals surface area contributed by atoms with Crippen LogP contribution in [0.3, 0.4) is 0 Å². The van der Waals surface area contributed by atoms with Gasteiger partial charge in [0.05, 0.1) is 6.10 Å². The minimum absolute atomic E-state index is 0. The first-order chi connectivity index (χ1) is 8.18. The van der Waals surface area contributed by atoms with Crippen molar-refractivity contribution in [1.29, 1.82) is 0 Å². The number of rotatable bonds is 4. The molecule has 7 heteroatoms. The van der Waals surface area contributed by atoms with Gasteiger partial charge in [0, 0.05) is 37.3 Å². The fourth-order valence-electron chi connectivity index (χ4n) is 1.89. The summed E-state index contributed by atoms with van der Waals surface area (Å²) in [5, 5.41) is 22.0. The van der Waals surface area contributed by atoms with Gasteiger partial charge >= 0.3 is 0 Å². The smallest absolute Gasteiger partial charge is 0.272 e. The lowest BCUT2D eigenvalue weighted by Crippen LogP contribution is -2.30. The highest BCUT2D eigenvalue weighted by Gasteiger charge is 2.21. The number of aromatic nitrogens is 2. The van der Waals surface area contributed by atoms with E-state index in [-0.39, 0.29) is 18.3 Å². The van der Waals surface area contributed by atoms with E-state index >= 15 is 0 Å². The summed E-state index contributed by atoms with van der Waals surface area (Å²) < 4.78 is 0. The average molecular weight is 275 g/mol. The number of aliphatic hydroxyl groups excluding tert-OH is 1. The third kappa shape index (κ3) is 3.44. The van der Waals surface area contributed by atoms with Crippen LogP contribution in [0.5, 0.6) is 0 Å². The van der Waals surface area contributed by atoms with Gasteiger partial charge in [0.2, 0.25) is 0 Å². The molecule has 4 N–H and O–H groups in total. The van der Waals surface area contributed by atoms with Crippen LogP contribution in [0.2, 0.25) is 0 Å². The van der Waals surface area contributed by atoms with Gasteiger partial charge in [0.1, 0.15) is 0 Å². The highest BCUT2D eigenvalue weighted by Crippen LogP contribution is 2.14. The van der Waals surface area contributed by atoms with Crippen molar-refractivity contribution < 1.29 is 9.90 Å². The Kier molecular flexibility index (Phi) is 5.58. The van der Waals surface area contributed by atoms with Crippen molar-refractivity contribution in [3.63, 3.8) is 0 Å². The van der Waals surface area contributed by atoms with Crippen LogP contribution in [-0.2, 0) is 13.0 Å². The summed E-state index contributed by atoms with van der Waals surface area (Å²) in [5.74, 6) is -0.174. The summed E-state index contributed by atoms with van der Waals surface area (Å²) in [6.07, 6.45) is 1.03. The van der Waals surface area contributed by atoms with Crippen LogP contribution in [0.1, 0.15) is 35.1 Å². The molecule has 1 aromatic rings. The maximum Gasteiger partial charge on any atom is 0.272 e. The van der Waals surface area contributed by atoms with Crippen LogP contribution < -0.4 is 10.6 Å². The zero-order valence-corrected chi connectivity index (χ0v) is 11.1. The Labute approximate surface area is 112 Å². The van der Waals surface area contributed by atoms with E-state index in [1.165, 1.54) is 0 Å². The van der Waals surface area contributed by atoms with Gasteiger partial charge in [-0.2, -0.15) is 5.10 Å². The van der Waals surface area contributed by atoms with E-state index in [1.54, 1.807) is 6.92 Å². The molecule has 0 saturated heterocycles. The summed E-state index contributed by atoms with van der Waals surface area (Å²) in [6, 6.07) is 0. The lowest BCUT2D eigenvalue weighted by atomic mass is 10.1. The summed E-state index contributed by atoms with van der Waals surface area (Å²) in [7, 11) is 0. The molecular weight excluding hydrogens is 256 g/mol. The van der Waals surface area contributed by atoms with Gasteiger partial charge in [-0.05, 0) is 13.3 Å². The zero-order chi connectivity index (χ0) is 12.3. The third-order valence-electron chi connectivity index (χ3n) is 2.87. The molecule has 0 aliphatic carbocycles. The lowest BCUT2D eigenvalue weighted by Gasteiger charge is -2.13. The molecule has 102 valence electrons. The number of fused-ring (bicyclic) bond motifs is 1. The molecule has 2 rings (SSSR count). The van der Waals surface area contributed by atoms with E-state index in [0.717, 1.165) is 24.2 Å². The maximum atomic E-state index is 11.9. The number of hydrogen-bond acceptors (Lipinski definition) is 4. The number of nitrogens with one attached hydrogen (secondary N) is 3. The van der Waals surface area contributed by atoms with Crippen molar-refractivity contribution >= 4 is 18.3 Å². The van der Waals surface area contributed by atoms with Crippen molar-refractivity contribution in [1.82, 2.24) is 20.8 Å². The molecule has 0 radical (unpaired) electrons. The second kappa shape index (κ2) is 6.72. The number of H-pyrrole nitrogens is 1. The molecule has 0 aromatic carbocycles. The number of carbonyl (C=O) groups excluding carboxylic acids is 1. The molecule has 2 heterocycles. The Bertz CT molecular complexity index is 406. The Morgan fingerprint density at radius 2 is 2.39 bits per heavy atom. The molecule has 1 unspecified atom stereocenters. The molecule has 0 bridgehead atoms. The fraction of sp³-hybridized carbons (Fsp3) is 0.636. The Hall–Kier alpha value is -1.11. The third-order valence-corrected chi connectivity index (χ3v) is 2.87. The molecule has 1 atom stereocenters. The van der Waals surface area contributed by atoms with E-state index in [0.29, 0.717) is 25.2 Å². The van der Waals surface area contributed by atoms with Crippen molar-refractivity contribution in [2.75, 3.05) is 13.1 Å². The van der Waals surface area contributed by atoms with E-state index in [2.05, 4.69) is 20.8 Å². The van der Waals surface area contributed by atoms with Gasteiger partial charge in [0.15, 0.2) is 5.69 Å². The van der Waals surface area contributed by atoms with Crippen LogP contribution in [0.25, 0.3) is 0 Å². The predicted octanol–water partition coefficient (Wildman–Crippen LogP) is -0.0221. The minimum Gasteiger partial charge on any atom is -0.393 e. The van der Waals surface area contributed by atoms with Crippen molar-refractivity contribution in [2.24, 2.45) is 0 Å². The topological polar surface area (TPSA) is 90.0 Å². The first-order valence-electron chi connectivity index (χ1n) is 5.91. The van der Waals surface area contributed by atoms with Crippen LogP contribution in [-0.4, -0.2) is 40.4 Å². The van der Waals surface area contributed by atoms with Crippen LogP contribution >= 0.6 is 12.4 Å². The maximum absolute atomic E-state index is 11.9. The monoisotopic (exact) mass is 274 g/mol. The van der Waals surface area contributed by atoms with Gasteiger partial charge in [-0.15, -0.1) is 12.4 Å². The molecule has 1 aromatic heterocycles. The second-order valence-electron chi connectivity index (χ2n) is 4.35. The van der Waals surface area contributed by atoms with Crippen LogP contribution in [0.15, 0.2) is 0 Å². The SMILES string of the molecule is CC(O)CCNC(=O)c1n[nH]c2c1CNCC2.Cl. The van der Waals surface area contributed by atoms with E-state index in [9.17, 15) is 4.79 Å². The molecule has 0 fully saturated rings. The number of amides is 1. The minimum atomic E-state index is -0.398. The van der Waals surface area contributed by atoms with Crippen molar-refractivity contribution in [3.05, 3.63) is 17.0 Å². The van der Waals surface area contributed by atoms with E-state index < -0.39 is 6.10 Å². The number of halogens is 1. The van der Waals surface area contributed by atoms with Gasteiger partial charge < -0.3 is 15.7 Å². The standard InChI is InChI=1S/C11H18N4O2.ClH/c1-7(16)2-5-13-11(17)10-8-6-12-4-3-9(8)14-15-10;/h7,12,16H,2-6H2,1H3,(H,13,17)(H,14,15);1H. The fourth-order valence-corrected chi connectivity index (χ4v) is 1.89. The van der Waals surface area contributed by atoms with Gasteiger partial charge in [0.25, 0.3) is 5.91 Å². The second-order valence-corrected chi connectivity index (χ2v) is 4.35. The summed E-state index contributed by atoms with van der Waals surface area (Å²) >= 11 is 0. The summed E-state index contributed by atoms with van der Waals surface area (Å²) in [5.41, 5.74) is 2.48. The molecule has 1 amide bonds. The van der Waals surface area contributed by atoms with Crippen LogP contribution in [0, 0.1) is 0 Å². The van der Waals surface area contributed by atoms with Crippen LogP contribution in [0.4, 0.5) is 0 Å². The Balaban J connectivity index is 0.00000162.